The predicted molar refractivity (Wildman–Crippen MR) is 86.9 cm³/mol. The molecular formula is C16H22N2O2S. The lowest BCUT2D eigenvalue weighted by Gasteiger charge is -2.09. The van der Waals surface area contributed by atoms with E-state index in [1.54, 1.807) is 23.5 Å². The van der Waals surface area contributed by atoms with Crippen molar-refractivity contribution in [1.29, 1.82) is 0 Å². The van der Waals surface area contributed by atoms with Gasteiger partial charge < -0.3 is 15.5 Å². The second kappa shape index (κ2) is 6.45. The first kappa shape index (κ1) is 15.8. The van der Waals surface area contributed by atoms with Crippen molar-refractivity contribution >= 4 is 11.3 Å². The highest BCUT2D eigenvalue weighted by Gasteiger charge is 2.16. The largest absolute Gasteiger partial charge is 0.504 e. The first-order valence-electron chi connectivity index (χ1n) is 7.13. The topological polar surface area (TPSA) is 65.4 Å². The van der Waals surface area contributed by atoms with E-state index in [-0.39, 0.29) is 11.5 Å². The Hall–Kier alpha value is -1.59. The Bertz CT molecular complexity index is 621. The zero-order valence-electron chi connectivity index (χ0n) is 12.8. The second-order valence-corrected chi connectivity index (χ2v) is 6.80. The number of benzene rings is 1. The molecule has 1 heterocycles. The van der Waals surface area contributed by atoms with Gasteiger partial charge >= 0.3 is 0 Å². The van der Waals surface area contributed by atoms with Crippen molar-refractivity contribution in [1.82, 2.24) is 10.3 Å². The molecule has 0 aliphatic heterocycles. The van der Waals surface area contributed by atoms with Gasteiger partial charge in [-0.25, -0.2) is 4.98 Å². The fourth-order valence-electron chi connectivity index (χ4n) is 2.02. The molecular weight excluding hydrogens is 284 g/mol. The van der Waals surface area contributed by atoms with Gasteiger partial charge in [0.05, 0.1) is 5.69 Å². The van der Waals surface area contributed by atoms with Crippen molar-refractivity contribution in [2.24, 2.45) is 0 Å². The number of nitrogens with zero attached hydrogens (tertiary/aromatic N) is 1. The zero-order valence-corrected chi connectivity index (χ0v) is 13.7. The summed E-state index contributed by atoms with van der Waals surface area (Å²) in [4.78, 5) is 5.94. The highest BCUT2D eigenvalue weighted by atomic mass is 32.1. The van der Waals surface area contributed by atoms with Crippen LogP contribution in [0.3, 0.4) is 0 Å². The maximum Gasteiger partial charge on any atom is 0.158 e. The lowest BCUT2D eigenvalue weighted by Crippen LogP contribution is -2.22. The Morgan fingerprint density at radius 1 is 1.14 bits per heavy atom. The van der Waals surface area contributed by atoms with Crippen molar-refractivity contribution in [2.75, 3.05) is 0 Å². The molecule has 4 nitrogen and oxygen atoms in total. The number of hydrogen-bond donors (Lipinski definition) is 3. The maximum atomic E-state index is 9.64. The standard InChI is InChI=1S/C16H22N2O2S/c1-9(2)15-14(8-17-10(3)4)21-16(18-15)11-5-6-12(19)13(20)7-11/h5-7,9-10,17,19-20H,8H2,1-4H3. The maximum absolute atomic E-state index is 9.64. The number of rotatable bonds is 5. The average Bonchev–Trinajstić information content (AvgIpc) is 2.84. The lowest BCUT2D eigenvalue weighted by molar-refractivity contribution is 0.404. The van der Waals surface area contributed by atoms with E-state index in [0.29, 0.717) is 12.0 Å². The molecule has 0 amide bonds. The van der Waals surface area contributed by atoms with Crippen molar-refractivity contribution in [2.45, 2.75) is 46.2 Å². The van der Waals surface area contributed by atoms with E-state index >= 15 is 0 Å². The molecule has 1 aromatic carbocycles. The molecule has 0 spiro atoms. The molecule has 2 aromatic rings. The summed E-state index contributed by atoms with van der Waals surface area (Å²) >= 11 is 1.63. The smallest absolute Gasteiger partial charge is 0.158 e. The Balaban J connectivity index is 2.36. The molecule has 1 aromatic heterocycles. The van der Waals surface area contributed by atoms with Crippen LogP contribution < -0.4 is 5.32 Å². The van der Waals surface area contributed by atoms with Gasteiger partial charge in [0.1, 0.15) is 5.01 Å². The SMILES string of the molecule is CC(C)NCc1sc(-c2ccc(O)c(O)c2)nc1C(C)C. The molecule has 0 bridgehead atoms. The van der Waals surface area contributed by atoms with Gasteiger partial charge in [0.2, 0.25) is 0 Å². The first-order valence-corrected chi connectivity index (χ1v) is 7.95. The van der Waals surface area contributed by atoms with E-state index in [1.807, 2.05) is 0 Å². The minimum atomic E-state index is -0.115. The van der Waals surface area contributed by atoms with Gasteiger partial charge in [-0.05, 0) is 24.1 Å². The van der Waals surface area contributed by atoms with Crippen molar-refractivity contribution in [3.8, 4) is 22.1 Å². The van der Waals surface area contributed by atoms with Gasteiger partial charge in [-0.2, -0.15) is 0 Å². The quantitative estimate of drug-likeness (QED) is 0.734. The third kappa shape index (κ3) is 3.74. The second-order valence-electron chi connectivity index (χ2n) is 5.72. The van der Waals surface area contributed by atoms with E-state index in [9.17, 15) is 10.2 Å². The van der Waals surface area contributed by atoms with Crippen LogP contribution >= 0.6 is 11.3 Å². The Labute approximate surface area is 129 Å². The van der Waals surface area contributed by atoms with Gasteiger partial charge in [-0.1, -0.05) is 27.7 Å². The van der Waals surface area contributed by atoms with Crippen LogP contribution in [0.2, 0.25) is 0 Å². The minimum Gasteiger partial charge on any atom is -0.504 e. The van der Waals surface area contributed by atoms with Gasteiger partial charge in [-0.3, -0.25) is 0 Å². The van der Waals surface area contributed by atoms with Crippen LogP contribution in [0.4, 0.5) is 0 Å². The molecule has 0 aliphatic carbocycles. The van der Waals surface area contributed by atoms with Gasteiger partial charge in [0.25, 0.3) is 0 Å². The molecule has 0 aliphatic rings. The van der Waals surface area contributed by atoms with E-state index < -0.39 is 0 Å². The Morgan fingerprint density at radius 2 is 1.86 bits per heavy atom. The van der Waals surface area contributed by atoms with E-state index in [1.165, 1.54) is 10.9 Å². The van der Waals surface area contributed by atoms with Crippen molar-refractivity contribution in [3.05, 3.63) is 28.8 Å². The van der Waals surface area contributed by atoms with Crippen LogP contribution in [0.5, 0.6) is 11.5 Å². The summed E-state index contributed by atoms with van der Waals surface area (Å²) in [5.74, 6) is 0.126. The minimum absolute atomic E-state index is 0.110. The van der Waals surface area contributed by atoms with Crippen LogP contribution in [0.1, 0.15) is 44.2 Å². The molecule has 0 unspecified atom stereocenters. The molecule has 114 valence electrons. The molecule has 0 radical (unpaired) electrons. The summed E-state index contributed by atoms with van der Waals surface area (Å²) < 4.78 is 0. The molecule has 0 saturated carbocycles. The lowest BCUT2D eigenvalue weighted by atomic mass is 10.1. The summed E-state index contributed by atoms with van der Waals surface area (Å²) in [5.41, 5.74) is 1.92. The van der Waals surface area contributed by atoms with E-state index in [2.05, 4.69) is 33.0 Å². The predicted octanol–water partition coefficient (Wildman–Crippen LogP) is 3.84. The fraction of sp³-hybridized carbons (Fsp3) is 0.438. The fourth-order valence-corrected chi connectivity index (χ4v) is 3.18. The number of nitrogens with one attached hydrogen (secondary N) is 1. The summed E-state index contributed by atoms with van der Waals surface area (Å²) in [6, 6.07) is 5.25. The highest BCUT2D eigenvalue weighted by Crippen LogP contribution is 2.35. The molecule has 0 atom stereocenters. The number of phenols is 2. The number of phenolic OH excluding ortho intramolecular Hbond substituents is 2. The molecule has 3 N–H and O–H groups in total. The average molecular weight is 306 g/mol. The van der Waals surface area contributed by atoms with Crippen LogP contribution in [-0.2, 0) is 6.54 Å². The number of thiazole rings is 1. The van der Waals surface area contributed by atoms with E-state index in [4.69, 9.17) is 4.98 Å². The summed E-state index contributed by atoms with van der Waals surface area (Å²) in [6.45, 7) is 9.30. The molecule has 0 saturated heterocycles. The van der Waals surface area contributed by atoms with Gasteiger partial charge in [0.15, 0.2) is 11.5 Å². The summed E-state index contributed by atoms with van der Waals surface area (Å²) in [5, 5.41) is 23.3. The molecule has 2 rings (SSSR count). The number of aromatic hydroxyl groups is 2. The van der Waals surface area contributed by atoms with Crippen LogP contribution in [-0.4, -0.2) is 21.2 Å². The first-order chi connectivity index (χ1) is 9.88. The van der Waals surface area contributed by atoms with Gasteiger partial charge in [-0.15, -0.1) is 11.3 Å². The van der Waals surface area contributed by atoms with Crippen LogP contribution in [0, 0.1) is 0 Å². The summed E-state index contributed by atoms with van der Waals surface area (Å²) in [6.07, 6.45) is 0. The monoisotopic (exact) mass is 306 g/mol. The highest BCUT2D eigenvalue weighted by molar-refractivity contribution is 7.15. The third-order valence-electron chi connectivity index (χ3n) is 3.17. The van der Waals surface area contributed by atoms with Crippen LogP contribution in [0.25, 0.3) is 10.6 Å². The van der Waals surface area contributed by atoms with Crippen LogP contribution in [0.15, 0.2) is 18.2 Å². The Kier molecular flexibility index (Phi) is 4.85. The Morgan fingerprint density at radius 3 is 2.43 bits per heavy atom. The zero-order chi connectivity index (χ0) is 15.6. The number of aromatic nitrogens is 1. The van der Waals surface area contributed by atoms with Crippen molar-refractivity contribution in [3.63, 3.8) is 0 Å². The molecule has 21 heavy (non-hydrogen) atoms. The van der Waals surface area contributed by atoms with Crippen molar-refractivity contribution < 1.29 is 10.2 Å². The third-order valence-corrected chi connectivity index (χ3v) is 4.29. The molecule has 5 heteroatoms. The number of hydrogen-bond acceptors (Lipinski definition) is 5. The van der Waals surface area contributed by atoms with Gasteiger partial charge in [0, 0.05) is 23.0 Å². The summed E-state index contributed by atoms with van der Waals surface area (Å²) in [7, 11) is 0. The van der Waals surface area contributed by atoms with E-state index in [0.717, 1.165) is 22.8 Å². The normalized spacial score (nSPS) is 11.5. The molecule has 0 fully saturated rings.